The Hall–Kier alpha value is -0.300. The van der Waals surface area contributed by atoms with Crippen LogP contribution in [0.2, 0.25) is 0 Å². The Kier molecular flexibility index (Phi) is 2.94. The minimum atomic E-state index is 0.437. The number of hydrogen-bond acceptors (Lipinski definition) is 3. The van der Waals surface area contributed by atoms with Gasteiger partial charge in [0.25, 0.3) is 0 Å². The lowest BCUT2D eigenvalue weighted by Gasteiger charge is -2.13. The van der Waals surface area contributed by atoms with Crippen LogP contribution in [0.3, 0.4) is 0 Å². The summed E-state index contributed by atoms with van der Waals surface area (Å²) in [5, 5.41) is 4.52. The molecule has 1 aliphatic heterocycles. The molecule has 0 aromatic carbocycles. The molecule has 5 heteroatoms. The minimum Gasteiger partial charge on any atom is -0.383 e. The minimum absolute atomic E-state index is 0.437. The van der Waals surface area contributed by atoms with Crippen LogP contribution in [0.25, 0.3) is 0 Å². The summed E-state index contributed by atoms with van der Waals surface area (Å²) in [5.74, 6) is 0.820. The van der Waals surface area contributed by atoms with Gasteiger partial charge in [0.1, 0.15) is 5.82 Å². The molecule has 0 amide bonds. The van der Waals surface area contributed by atoms with Crippen molar-refractivity contribution < 1.29 is 0 Å². The lowest BCUT2D eigenvalue weighted by atomic mass is 10.2. The van der Waals surface area contributed by atoms with Crippen molar-refractivity contribution in [2.45, 2.75) is 32.4 Å². The molecule has 2 N–H and O–H groups in total. The van der Waals surface area contributed by atoms with Gasteiger partial charge >= 0.3 is 0 Å². The zero-order valence-electron chi connectivity index (χ0n) is 9.37. The van der Waals surface area contributed by atoms with Crippen LogP contribution in [-0.2, 0) is 0 Å². The molecule has 1 aliphatic rings. The van der Waals surface area contributed by atoms with E-state index >= 15 is 0 Å². The zero-order valence-corrected chi connectivity index (χ0v) is 11.5. The van der Waals surface area contributed by atoms with Crippen molar-refractivity contribution in [1.82, 2.24) is 14.7 Å². The molecule has 0 radical (unpaired) electrons. The summed E-state index contributed by atoms with van der Waals surface area (Å²) in [4.78, 5) is 2.36. The molecule has 0 bridgehead atoms. The SMILES string of the molecule is Cc1nn(C2CC(C)N(C)C2)c(N)c1I. The molecule has 1 fully saturated rings. The fourth-order valence-electron chi connectivity index (χ4n) is 2.16. The third kappa shape index (κ3) is 1.87. The summed E-state index contributed by atoms with van der Waals surface area (Å²) in [6.45, 7) is 5.30. The number of aryl methyl sites for hydroxylation is 1. The second-order valence-corrected chi connectivity index (χ2v) is 5.49. The molecule has 1 aromatic rings. The summed E-state index contributed by atoms with van der Waals surface area (Å²) >= 11 is 2.26. The smallest absolute Gasteiger partial charge is 0.135 e. The molecule has 2 heterocycles. The Morgan fingerprint density at radius 2 is 2.20 bits per heavy atom. The topological polar surface area (TPSA) is 47.1 Å². The van der Waals surface area contributed by atoms with Crippen molar-refractivity contribution in [2.75, 3.05) is 19.3 Å². The lowest BCUT2D eigenvalue weighted by molar-refractivity contribution is 0.323. The average Bonchev–Trinajstić information content (AvgIpc) is 2.63. The Bertz CT molecular complexity index is 364. The monoisotopic (exact) mass is 320 g/mol. The van der Waals surface area contributed by atoms with Gasteiger partial charge in [-0.1, -0.05) is 0 Å². The highest BCUT2D eigenvalue weighted by Crippen LogP contribution is 2.30. The van der Waals surface area contributed by atoms with E-state index in [2.05, 4.69) is 46.6 Å². The van der Waals surface area contributed by atoms with Crippen LogP contribution in [0, 0.1) is 10.5 Å². The number of nitrogens with zero attached hydrogens (tertiary/aromatic N) is 3. The maximum Gasteiger partial charge on any atom is 0.135 e. The van der Waals surface area contributed by atoms with Crippen LogP contribution in [0.5, 0.6) is 0 Å². The fourth-order valence-corrected chi connectivity index (χ4v) is 2.52. The molecular formula is C10H17IN4. The maximum absolute atomic E-state index is 6.05. The van der Waals surface area contributed by atoms with E-state index in [1.807, 2.05) is 11.6 Å². The van der Waals surface area contributed by atoms with Crippen molar-refractivity contribution in [3.8, 4) is 0 Å². The van der Waals surface area contributed by atoms with Crippen LogP contribution in [0.15, 0.2) is 0 Å². The first-order chi connectivity index (χ1) is 7.00. The molecule has 2 unspecified atom stereocenters. The molecule has 0 saturated carbocycles. The first-order valence-corrected chi connectivity index (χ1v) is 6.29. The van der Waals surface area contributed by atoms with Crippen LogP contribution in [0.4, 0.5) is 5.82 Å². The van der Waals surface area contributed by atoms with Crippen molar-refractivity contribution >= 4 is 28.4 Å². The molecular weight excluding hydrogens is 303 g/mol. The summed E-state index contributed by atoms with van der Waals surface area (Å²) < 4.78 is 3.09. The molecule has 0 aliphatic carbocycles. The zero-order chi connectivity index (χ0) is 11.2. The van der Waals surface area contributed by atoms with Gasteiger partial charge in [-0.25, -0.2) is 4.68 Å². The molecule has 0 spiro atoms. The highest BCUT2D eigenvalue weighted by atomic mass is 127. The predicted molar refractivity (Wildman–Crippen MR) is 69.8 cm³/mol. The van der Waals surface area contributed by atoms with Gasteiger partial charge in [-0.2, -0.15) is 5.10 Å². The summed E-state index contributed by atoms with van der Waals surface area (Å²) in [7, 11) is 2.15. The normalized spacial score (nSPS) is 27.5. The van der Waals surface area contributed by atoms with E-state index in [1.165, 1.54) is 0 Å². The number of halogens is 1. The Balaban J connectivity index is 2.28. The van der Waals surface area contributed by atoms with Gasteiger partial charge < -0.3 is 10.6 Å². The number of likely N-dealkylation sites (N-methyl/N-ethyl adjacent to an activating group) is 1. The predicted octanol–water partition coefficient (Wildman–Crippen LogP) is 1.64. The van der Waals surface area contributed by atoms with Crippen LogP contribution < -0.4 is 5.73 Å². The maximum atomic E-state index is 6.05. The Morgan fingerprint density at radius 1 is 1.53 bits per heavy atom. The second-order valence-electron chi connectivity index (χ2n) is 4.41. The van der Waals surface area contributed by atoms with Gasteiger partial charge in [-0.15, -0.1) is 0 Å². The lowest BCUT2D eigenvalue weighted by Crippen LogP contribution is -2.22. The van der Waals surface area contributed by atoms with E-state index in [4.69, 9.17) is 5.73 Å². The molecule has 15 heavy (non-hydrogen) atoms. The van der Waals surface area contributed by atoms with E-state index in [-0.39, 0.29) is 0 Å². The largest absolute Gasteiger partial charge is 0.383 e. The van der Waals surface area contributed by atoms with E-state index in [0.717, 1.165) is 28.0 Å². The van der Waals surface area contributed by atoms with Gasteiger partial charge in [-0.05, 0) is 49.9 Å². The Labute approximate surface area is 104 Å². The highest BCUT2D eigenvalue weighted by molar-refractivity contribution is 14.1. The third-order valence-corrected chi connectivity index (χ3v) is 4.59. The van der Waals surface area contributed by atoms with Crippen molar-refractivity contribution in [3.05, 3.63) is 9.26 Å². The quantitative estimate of drug-likeness (QED) is 0.801. The van der Waals surface area contributed by atoms with E-state index in [1.54, 1.807) is 0 Å². The van der Waals surface area contributed by atoms with Crippen molar-refractivity contribution in [1.29, 1.82) is 0 Å². The van der Waals surface area contributed by atoms with Gasteiger partial charge in [-0.3, -0.25) is 0 Å². The molecule has 84 valence electrons. The van der Waals surface area contributed by atoms with E-state index < -0.39 is 0 Å². The van der Waals surface area contributed by atoms with Gasteiger partial charge in [0, 0.05) is 12.6 Å². The summed E-state index contributed by atoms with van der Waals surface area (Å²) in [6, 6.07) is 1.06. The second kappa shape index (κ2) is 3.93. The third-order valence-electron chi connectivity index (χ3n) is 3.26. The Morgan fingerprint density at radius 3 is 2.60 bits per heavy atom. The summed E-state index contributed by atoms with van der Waals surface area (Å²) in [5.41, 5.74) is 7.09. The standard InChI is InChI=1S/C10H17IN4/c1-6-4-8(5-14(6)3)15-10(12)9(11)7(2)13-15/h6,8H,4-5,12H2,1-3H3. The van der Waals surface area contributed by atoms with Crippen molar-refractivity contribution in [3.63, 3.8) is 0 Å². The number of aromatic nitrogens is 2. The van der Waals surface area contributed by atoms with Crippen LogP contribution in [0.1, 0.15) is 25.1 Å². The molecule has 4 nitrogen and oxygen atoms in total. The van der Waals surface area contributed by atoms with Crippen LogP contribution in [-0.4, -0.2) is 34.3 Å². The molecule has 2 atom stereocenters. The summed E-state index contributed by atoms with van der Waals surface area (Å²) in [6.07, 6.45) is 1.14. The molecule has 2 rings (SSSR count). The van der Waals surface area contributed by atoms with Crippen molar-refractivity contribution in [2.24, 2.45) is 0 Å². The van der Waals surface area contributed by atoms with Gasteiger partial charge in [0.15, 0.2) is 0 Å². The first-order valence-electron chi connectivity index (χ1n) is 5.21. The number of nitrogens with two attached hydrogens (primary N) is 1. The van der Waals surface area contributed by atoms with Crippen LogP contribution >= 0.6 is 22.6 Å². The average molecular weight is 320 g/mol. The molecule has 1 aromatic heterocycles. The van der Waals surface area contributed by atoms with E-state index in [9.17, 15) is 0 Å². The van der Waals surface area contributed by atoms with Gasteiger partial charge in [0.05, 0.1) is 15.3 Å². The van der Waals surface area contributed by atoms with E-state index in [0.29, 0.717) is 12.1 Å². The number of hydrogen-bond donors (Lipinski definition) is 1. The number of rotatable bonds is 1. The highest BCUT2D eigenvalue weighted by Gasteiger charge is 2.29. The first kappa shape index (κ1) is 11.2. The number of likely N-dealkylation sites (tertiary alicyclic amines) is 1. The fraction of sp³-hybridized carbons (Fsp3) is 0.700. The number of anilines is 1. The number of nitrogen functional groups attached to an aromatic ring is 1. The molecule has 1 saturated heterocycles. The van der Waals surface area contributed by atoms with Gasteiger partial charge in [0.2, 0.25) is 0 Å².